The maximum Gasteiger partial charge on any atom is 0.152 e. The zero-order chi connectivity index (χ0) is 29.3. The molecule has 0 aromatic heterocycles. The number of unbranched alkanes of at least 4 members (excludes halogenated alkanes) is 20. The molecule has 8 heteroatoms. The lowest BCUT2D eigenvalue weighted by Gasteiger charge is -2.14. The Hall–Kier alpha value is -0.250. The number of aliphatic hydroxyl groups is 3. The van der Waals surface area contributed by atoms with E-state index in [2.05, 4.69) is 6.92 Å². The third-order valence-electron chi connectivity index (χ3n) is 8.20. The summed E-state index contributed by atoms with van der Waals surface area (Å²) in [6.07, 6.45) is 23.2. The van der Waals surface area contributed by atoms with Gasteiger partial charge in [-0.15, -0.1) is 0 Å². The van der Waals surface area contributed by atoms with E-state index in [4.69, 9.17) is 14.6 Å². The normalized spacial score (nSPS) is 21.4. The molecule has 0 amide bonds. The van der Waals surface area contributed by atoms with Crippen LogP contribution in [0.5, 0.6) is 0 Å². The van der Waals surface area contributed by atoms with Crippen LogP contribution in [0.1, 0.15) is 148 Å². The van der Waals surface area contributed by atoms with Gasteiger partial charge in [0, 0.05) is 13.2 Å². The van der Waals surface area contributed by atoms with E-state index in [0.717, 1.165) is 38.9 Å². The van der Waals surface area contributed by atoms with Crippen LogP contribution in [-0.4, -0.2) is 79.5 Å². The highest BCUT2D eigenvalue weighted by molar-refractivity contribution is 7.91. The van der Waals surface area contributed by atoms with Crippen molar-refractivity contribution in [1.29, 1.82) is 0 Å². The van der Waals surface area contributed by atoms with Crippen LogP contribution in [0.15, 0.2) is 0 Å². The minimum atomic E-state index is -3.37. The third-order valence-corrected chi connectivity index (χ3v) is 9.94. The van der Waals surface area contributed by atoms with Crippen molar-refractivity contribution in [2.45, 2.75) is 173 Å². The SMILES string of the molecule is CCCCCCCCCCCCCCCCOCCCCCCCCCCS(=O)(=O)C[C@@H]1O[C@H](CO)[C@@H](O)[C@@H]1O. The van der Waals surface area contributed by atoms with Crippen molar-refractivity contribution in [1.82, 2.24) is 0 Å². The average molecular weight is 593 g/mol. The van der Waals surface area contributed by atoms with Gasteiger partial charge in [-0.2, -0.15) is 0 Å². The first-order valence-electron chi connectivity index (χ1n) is 16.8. The van der Waals surface area contributed by atoms with E-state index in [9.17, 15) is 18.6 Å². The Morgan fingerprint density at radius 1 is 0.575 bits per heavy atom. The summed E-state index contributed by atoms with van der Waals surface area (Å²) in [4.78, 5) is 0. The second-order valence-corrected chi connectivity index (χ2v) is 14.3. The number of ether oxygens (including phenoxy) is 2. The molecule has 0 radical (unpaired) electrons. The van der Waals surface area contributed by atoms with Crippen molar-refractivity contribution < 1.29 is 33.2 Å². The van der Waals surface area contributed by atoms with Gasteiger partial charge in [-0.3, -0.25) is 0 Å². The van der Waals surface area contributed by atoms with Gasteiger partial charge in [0.1, 0.15) is 24.4 Å². The molecule has 0 aromatic rings. The lowest BCUT2D eigenvalue weighted by Crippen LogP contribution is -2.36. The molecule has 1 rings (SSSR count). The first kappa shape index (κ1) is 37.8. The van der Waals surface area contributed by atoms with Gasteiger partial charge >= 0.3 is 0 Å². The van der Waals surface area contributed by atoms with E-state index >= 15 is 0 Å². The molecule has 0 saturated carbocycles. The lowest BCUT2D eigenvalue weighted by atomic mass is 10.0. The Bertz CT molecular complexity index is 658. The van der Waals surface area contributed by atoms with E-state index in [-0.39, 0.29) is 11.5 Å². The molecule has 0 unspecified atom stereocenters. The van der Waals surface area contributed by atoms with E-state index in [0.29, 0.717) is 6.42 Å². The molecule has 1 fully saturated rings. The monoisotopic (exact) mass is 592 g/mol. The second-order valence-electron chi connectivity index (χ2n) is 12.0. The smallest absolute Gasteiger partial charge is 0.152 e. The van der Waals surface area contributed by atoms with Crippen LogP contribution in [-0.2, 0) is 19.3 Å². The first-order valence-corrected chi connectivity index (χ1v) is 18.6. The number of aliphatic hydroxyl groups excluding tert-OH is 3. The van der Waals surface area contributed by atoms with Gasteiger partial charge in [-0.25, -0.2) is 8.42 Å². The third kappa shape index (κ3) is 19.8. The minimum absolute atomic E-state index is 0.0656. The minimum Gasteiger partial charge on any atom is -0.394 e. The van der Waals surface area contributed by atoms with Crippen LogP contribution in [0.2, 0.25) is 0 Å². The summed E-state index contributed by atoms with van der Waals surface area (Å²) in [6, 6.07) is 0. The van der Waals surface area contributed by atoms with Crippen molar-refractivity contribution in [3.05, 3.63) is 0 Å². The summed E-state index contributed by atoms with van der Waals surface area (Å²) in [5.74, 6) is -0.251. The second kappa shape index (κ2) is 25.3. The van der Waals surface area contributed by atoms with Crippen LogP contribution < -0.4 is 0 Å². The maximum atomic E-state index is 12.3. The quantitative estimate of drug-likeness (QED) is 0.0850. The van der Waals surface area contributed by atoms with Gasteiger partial charge in [0.2, 0.25) is 0 Å². The molecule has 1 heterocycles. The van der Waals surface area contributed by atoms with E-state index in [1.807, 2.05) is 0 Å². The maximum absolute atomic E-state index is 12.3. The molecule has 1 aliphatic heterocycles. The number of rotatable bonds is 29. The molecule has 0 bridgehead atoms. The van der Waals surface area contributed by atoms with Gasteiger partial charge in [0.15, 0.2) is 9.84 Å². The highest BCUT2D eigenvalue weighted by Gasteiger charge is 2.43. The topological polar surface area (TPSA) is 113 Å². The van der Waals surface area contributed by atoms with E-state index in [1.165, 1.54) is 109 Å². The van der Waals surface area contributed by atoms with Crippen LogP contribution in [0, 0.1) is 0 Å². The molecule has 1 saturated heterocycles. The highest BCUT2D eigenvalue weighted by atomic mass is 32.2. The van der Waals surface area contributed by atoms with Crippen LogP contribution in [0.25, 0.3) is 0 Å². The highest BCUT2D eigenvalue weighted by Crippen LogP contribution is 2.23. The average Bonchev–Trinajstić information content (AvgIpc) is 3.20. The summed E-state index contributed by atoms with van der Waals surface area (Å²) in [5, 5.41) is 28.8. The van der Waals surface area contributed by atoms with E-state index < -0.39 is 40.9 Å². The molecule has 1 aliphatic rings. The number of sulfone groups is 1. The molecule has 0 aromatic carbocycles. The van der Waals surface area contributed by atoms with Gasteiger partial charge in [0.25, 0.3) is 0 Å². The van der Waals surface area contributed by atoms with Crippen LogP contribution in [0.4, 0.5) is 0 Å². The van der Waals surface area contributed by atoms with Crippen molar-refractivity contribution >= 4 is 9.84 Å². The van der Waals surface area contributed by atoms with Crippen molar-refractivity contribution in [2.75, 3.05) is 31.3 Å². The molecule has 0 aliphatic carbocycles. The predicted molar refractivity (Wildman–Crippen MR) is 164 cm³/mol. The molecule has 240 valence electrons. The van der Waals surface area contributed by atoms with E-state index in [1.54, 1.807) is 0 Å². The molecule has 0 spiro atoms. The summed E-state index contributed by atoms with van der Waals surface area (Å²) < 4.78 is 35.7. The molecule has 40 heavy (non-hydrogen) atoms. The first-order chi connectivity index (χ1) is 19.4. The van der Waals surface area contributed by atoms with Crippen LogP contribution in [0.3, 0.4) is 0 Å². The fourth-order valence-electron chi connectivity index (χ4n) is 5.54. The molecule has 7 nitrogen and oxygen atoms in total. The summed E-state index contributed by atoms with van der Waals surface area (Å²) >= 11 is 0. The van der Waals surface area contributed by atoms with Crippen LogP contribution >= 0.6 is 0 Å². The summed E-state index contributed by atoms with van der Waals surface area (Å²) in [6.45, 7) is 3.60. The molecule has 3 N–H and O–H groups in total. The van der Waals surface area contributed by atoms with Crippen molar-refractivity contribution in [3.8, 4) is 0 Å². The zero-order valence-corrected chi connectivity index (χ0v) is 26.6. The van der Waals surface area contributed by atoms with Crippen molar-refractivity contribution in [2.24, 2.45) is 0 Å². The molecule has 4 atom stereocenters. The standard InChI is InChI=1S/C32H64O7S/c1-2-3-4-5-6-7-8-9-10-11-12-15-18-21-24-38-25-22-19-16-13-14-17-20-23-26-40(36,37)28-30-32(35)31(34)29(27-33)39-30/h29-35H,2-28H2,1H3/t29-,30+,31-,32-/m1/s1. The Kier molecular flexibility index (Phi) is 23.9. The van der Waals surface area contributed by atoms with Crippen molar-refractivity contribution in [3.63, 3.8) is 0 Å². The largest absolute Gasteiger partial charge is 0.394 e. The number of hydrogen-bond donors (Lipinski definition) is 3. The Balaban J connectivity index is 1.78. The fourth-order valence-corrected chi connectivity index (χ4v) is 7.12. The fraction of sp³-hybridized carbons (Fsp3) is 1.00. The zero-order valence-electron chi connectivity index (χ0n) is 25.8. The lowest BCUT2D eigenvalue weighted by molar-refractivity contribution is -0.0165. The Morgan fingerprint density at radius 2 is 0.950 bits per heavy atom. The van der Waals surface area contributed by atoms with Gasteiger partial charge in [0.05, 0.1) is 18.1 Å². The summed E-state index contributed by atoms with van der Waals surface area (Å²) in [5.41, 5.74) is 0. The number of hydrogen-bond acceptors (Lipinski definition) is 7. The summed E-state index contributed by atoms with van der Waals surface area (Å²) in [7, 11) is -3.37. The van der Waals surface area contributed by atoms with Gasteiger partial charge in [-0.1, -0.05) is 129 Å². The Morgan fingerprint density at radius 3 is 1.35 bits per heavy atom. The molecular formula is C32H64O7S. The molecular weight excluding hydrogens is 528 g/mol. The van der Waals surface area contributed by atoms with Gasteiger partial charge in [-0.05, 0) is 19.3 Å². The predicted octanol–water partition coefficient (Wildman–Crippen LogP) is 6.50. The Labute approximate surface area is 246 Å². The van der Waals surface area contributed by atoms with Gasteiger partial charge < -0.3 is 24.8 Å².